The third-order valence-corrected chi connectivity index (χ3v) is 4.17. The third-order valence-electron chi connectivity index (χ3n) is 2.96. The van der Waals surface area contributed by atoms with Gasteiger partial charge in [-0.25, -0.2) is 9.97 Å². The Morgan fingerprint density at radius 2 is 2.00 bits per heavy atom. The third kappa shape index (κ3) is 2.28. The monoisotopic (exact) mass is 283 g/mol. The van der Waals surface area contributed by atoms with Gasteiger partial charge in [0, 0.05) is 19.3 Å². The molecule has 0 saturated heterocycles. The number of nitrogens with one attached hydrogen (secondary N) is 1. The van der Waals surface area contributed by atoms with Crippen molar-refractivity contribution in [3.05, 3.63) is 47.2 Å². The highest BCUT2D eigenvalue weighted by molar-refractivity contribution is 7.17. The number of carbonyl (C=O) groups is 1. The zero-order chi connectivity index (χ0) is 14.1. The smallest absolute Gasteiger partial charge is 0.188 e. The number of Topliss-reactive ketones (excluding diaryl/α,β-unsaturated/α-hetero) is 1. The Bertz CT molecular complexity index is 742. The SMILES string of the molecule is CC(=O)c1nc(-c2ncc[nH]2)c(-c2ccc(C)cc2)s1. The van der Waals surface area contributed by atoms with E-state index in [4.69, 9.17) is 0 Å². The van der Waals surface area contributed by atoms with Crippen molar-refractivity contribution in [3.63, 3.8) is 0 Å². The molecule has 0 aliphatic rings. The summed E-state index contributed by atoms with van der Waals surface area (Å²) in [6, 6.07) is 8.18. The Labute approximate surface area is 120 Å². The zero-order valence-corrected chi connectivity index (χ0v) is 12.0. The van der Waals surface area contributed by atoms with E-state index < -0.39 is 0 Å². The molecule has 0 fully saturated rings. The molecule has 3 aromatic rings. The van der Waals surface area contributed by atoms with Gasteiger partial charge in [-0.2, -0.15) is 0 Å². The number of ketones is 1. The second kappa shape index (κ2) is 5.02. The number of benzene rings is 1. The maximum absolute atomic E-state index is 11.6. The van der Waals surface area contributed by atoms with Gasteiger partial charge in [0.05, 0.1) is 4.88 Å². The summed E-state index contributed by atoms with van der Waals surface area (Å²) in [4.78, 5) is 24.3. The molecule has 100 valence electrons. The molecule has 5 heteroatoms. The number of H-pyrrole nitrogens is 1. The van der Waals surface area contributed by atoms with E-state index in [-0.39, 0.29) is 5.78 Å². The molecule has 0 atom stereocenters. The van der Waals surface area contributed by atoms with Crippen LogP contribution in [0.2, 0.25) is 0 Å². The molecule has 1 aromatic carbocycles. The fraction of sp³-hybridized carbons (Fsp3) is 0.133. The number of carbonyl (C=O) groups excluding carboxylic acids is 1. The van der Waals surface area contributed by atoms with E-state index in [1.54, 1.807) is 12.4 Å². The van der Waals surface area contributed by atoms with E-state index >= 15 is 0 Å². The Balaban J connectivity index is 2.18. The molecular weight excluding hydrogens is 270 g/mol. The lowest BCUT2D eigenvalue weighted by Gasteiger charge is -2.00. The molecule has 4 nitrogen and oxygen atoms in total. The lowest BCUT2D eigenvalue weighted by Crippen LogP contribution is -1.90. The summed E-state index contributed by atoms with van der Waals surface area (Å²) in [5, 5.41) is 0.506. The number of aryl methyl sites for hydroxylation is 1. The molecule has 2 aromatic heterocycles. The van der Waals surface area contributed by atoms with Crippen LogP contribution in [0.4, 0.5) is 0 Å². The summed E-state index contributed by atoms with van der Waals surface area (Å²) in [6.45, 7) is 3.58. The minimum absolute atomic E-state index is 0.0267. The van der Waals surface area contributed by atoms with Gasteiger partial charge in [-0.3, -0.25) is 4.79 Å². The number of hydrogen-bond donors (Lipinski definition) is 1. The number of aromatic nitrogens is 3. The summed E-state index contributed by atoms with van der Waals surface area (Å²) in [5.41, 5.74) is 2.98. The lowest BCUT2D eigenvalue weighted by atomic mass is 10.1. The van der Waals surface area contributed by atoms with Crippen LogP contribution in [0.1, 0.15) is 22.3 Å². The average molecular weight is 283 g/mol. The van der Waals surface area contributed by atoms with Crippen molar-refractivity contribution in [2.24, 2.45) is 0 Å². The summed E-state index contributed by atoms with van der Waals surface area (Å²) >= 11 is 1.40. The molecule has 0 saturated carbocycles. The minimum Gasteiger partial charge on any atom is -0.343 e. The number of hydrogen-bond acceptors (Lipinski definition) is 4. The summed E-state index contributed by atoms with van der Waals surface area (Å²) in [7, 11) is 0. The zero-order valence-electron chi connectivity index (χ0n) is 11.2. The molecule has 1 N–H and O–H groups in total. The van der Waals surface area contributed by atoms with E-state index in [9.17, 15) is 4.79 Å². The Morgan fingerprint density at radius 1 is 1.25 bits per heavy atom. The van der Waals surface area contributed by atoms with E-state index in [1.165, 1.54) is 23.8 Å². The Hall–Kier alpha value is -2.27. The van der Waals surface area contributed by atoms with Crippen LogP contribution in [-0.4, -0.2) is 20.7 Å². The molecule has 3 rings (SSSR count). The van der Waals surface area contributed by atoms with Gasteiger partial charge in [0.15, 0.2) is 16.6 Å². The maximum atomic E-state index is 11.6. The fourth-order valence-electron chi connectivity index (χ4n) is 1.93. The van der Waals surface area contributed by atoms with Gasteiger partial charge in [0.25, 0.3) is 0 Å². The summed E-state index contributed by atoms with van der Waals surface area (Å²) in [5.74, 6) is 0.658. The molecule has 0 bridgehead atoms. The molecule has 0 aliphatic heterocycles. The predicted molar refractivity (Wildman–Crippen MR) is 79.9 cm³/mol. The number of nitrogens with zero attached hydrogens (tertiary/aromatic N) is 2. The van der Waals surface area contributed by atoms with Crippen LogP contribution < -0.4 is 0 Å². The van der Waals surface area contributed by atoms with Gasteiger partial charge in [0.1, 0.15) is 5.69 Å². The topological polar surface area (TPSA) is 58.6 Å². The number of rotatable bonds is 3. The molecule has 0 spiro atoms. The molecule has 20 heavy (non-hydrogen) atoms. The highest BCUT2D eigenvalue weighted by Crippen LogP contribution is 2.35. The van der Waals surface area contributed by atoms with Gasteiger partial charge < -0.3 is 4.98 Å². The quantitative estimate of drug-likeness (QED) is 0.745. The van der Waals surface area contributed by atoms with Crippen LogP contribution in [-0.2, 0) is 0 Å². The van der Waals surface area contributed by atoms with E-state index in [1.807, 2.05) is 19.1 Å². The van der Waals surface area contributed by atoms with Crippen molar-refractivity contribution in [1.82, 2.24) is 15.0 Å². The van der Waals surface area contributed by atoms with E-state index in [0.717, 1.165) is 16.1 Å². The largest absolute Gasteiger partial charge is 0.343 e. The highest BCUT2D eigenvalue weighted by atomic mass is 32.1. The van der Waals surface area contributed by atoms with Crippen LogP contribution in [0.25, 0.3) is 22.0 Å². The number of aromatic amines is 1. The lowest BCUT2D eigenvalue weighted by molar-refractivity contribution is 0.101. The molecule has 2 heterocycles. The molecule has 0 aliphatic carbocycles. The van der Waals surface area contributed by atoms with Crippen LogP contribution >= 0.6 is 11.3 Å². The number of imidazole rings is 1. The second-order valence-corrected chi connectivity index (χ2v) is 5.56. The van der Waals surface area contributed by atoms with Crippen LogP contribution in [0, 0.1) is 6.92 Å². The van der Waals surface area contributed by atoms with E-state index in [0.29, 0.717) is 10.8 Å². The van der Waals surface area contributed by atoms with Gasteiger partial charge >= 0.3 is 0 Å². The van der Waals surface area contributed by atoms with Gasteiger partial charge in [-0.05, 0) is 12.5 Å². The minimum atomic E-state index is -0.0267. The normalized spacial score (nSPS) is 10.7. The van der Waals surface area contributed by atoms with Crippen molar-refractivity contribution in [2.45, 2.75) is 13.8 Å². The van der Waals surface area contributed by atoms with Gasteiger partial charge in [-0.1, -0.05) is 29.8 Å². The molecular formula is C15H13N3OS. The standard InChI is InChI=1S/C15H13N3OS/c1-9-3-5-11(6-4-9)13-12(14-16-7-8-17-14)18-15(20-13)10(2)19/h3-8H,1-2H3,(H,16,17). The molecule has 0 amide bonds. The van der Waals surface area contributed by atoms with Gasteiger partial charge in [0.2, 0.25) is 0 Å². The van der Waals surface area contributed by atoms with Crippen molar-refractivity contribution < 1.29 is 4.79 Å². The number of thiazole rings is 1. The predicted octanol–water partition coefficient (Wildman–Crippen LogP) is 3.71. The highest BCUT2D eigenvalue weighted by Gasteiger charge is 2.18. The van der Waals surface area contributed by atoms with Gasteiger partial charge in [-0.15, -0.1) is 11.3 Å². The Kier molecular flexibility index (Phi) is 3.20. The first-order chi connectivity index (χ1) is 9.65. The molecule has 0 unspecified atom stereocenters. The first-order valence-electron chi connectivity index (χ1n) is 6.23. The van der Waals surface area contributed by atoms with Crippen molar-refractivity contribution in [3.8, 4) is 22.0 Å². The summed E-state index contributed by atoms with van der Waals surface area (Å²) < 4.78 is 0. The maximum Gasteiger partial charge on any atom is 0.188 e. The van der Waals surface area contributed by atoms with E-state index in [2.05, 4.69) is 27.1 Å². The second-order valence-electron chi connectivity index (χ2n) is 4.56. The first-order valence-corrected chi connectivity index (χ1v) is 7.05. The summed E-state index contributed by atoms with van der Waals surface area (Å²) in [6.07, 6.45) is 3.43. The van der Waals surface area contributed by atoms with Crippen molar-refractivity contribution in [2.75, 3.05) is 0 Å². The Morgan fingerprint density at radius 3 is 2.60 bits per heavy atom. The fourth-order valence-corrected chi connectivity index (χ4v) is 2.89. The van der Waals surface area contributed by atoms with Crippen LogP contribution in [0.15, 0.2) is 36.7 Å². The van der Waals surface area contributed by atoms with Crippen LogP contribution in [0.3, 0.4) is 0 Å². The first kappa shape index (κ1) is 12.7. The van der Waals surface area contributed by atoms with Crippen LogP contribution in [0.5, 0.6) is 0 Å². The molecule has 0 radical (unpaired) electrons. The van der Waals surface area contributed by atoms with Crippen molar-refractivity contribution in [1.29, 1.82) is 0 Å². The average Bonchev–Trinajstić information content (AvgIpc) is 3.08. The van der Waals surface area contributed by atoms with Crippen molar-refractivity contribution >= 4 is 17.1 Å².